The third-order valence-electron chi connectivity index (χ3n) is 9.78. The summed E-state index contributed by atoms with van der Waals surface area (Å²) in [5.41, 5.74) is 13.6. The summed E-state index contributed by atoms with van der Waals surface area (Å²) in [6.07, 6.45) is 3.57. The molecule has 0 aliphatic heterocycles. The summed E-state index contributed by atoms with van der Waals surface area (Å²) in [6.45, 7) is 4.68. The molecule has 1 aliphatic carbocycles. The van der Waals surface area contributed by atoms with Gasteiger partial charge in [-0.25, -0.2) is 4.79 Å². The maximum atomic E-state index is 13.2. The Hall–Kier alpha value is -5.81. The molecule has 1 atom stereocenters. The van der Waals surface area contributed by atoms with Crippen molar-refractivity contribution < 1.29 is 14.7 Å². The second-order valence-corrected chi connectivity index (χ2v) is 13.2. The van der Waals surface area contributed by atoms with Crippen molar-refractivity contribution in [3.63, 3.8) is 0 Å². The van der Waals surface area contributed by atoms with Crippen molar-refractivity contribution in [2.75, 3.05) is 5.73 Å². The topological polar surface area (TPSA) is 93.3 Å². The molecule has 48 heavy (non-hydrogen) atoms. The van der Waals surface area contributed by atoms with Crippen LogP contribution in [-0.2, 0) is 12.8 Å². The van der Waals surface area contributed by atoms with Crippen LogP contribution in [0.5, 0.6) is 0 Å². The second-order valence-electron chi connectivity index (χ2n) is 13.2. The zero-order valence-electron chi connectivity index (χ0n) is 27.0. The van der Waals surface area contributed by atoms with E-state index < -0.39 is 5.97 Å². The molecule has 0 radical (unpaired) electrons. The monoisotopic (exact) mass is 628 g/mol. The van der Waals surface area contributed by atoms with Gasteiger partial charge in [-0.1, -0.05) is 111 Å². The van der Waals surface area contributed by atoms with Crippen LogP contribution >= 0.6 is 0 Å². The number of nitrogens with zero attached hydrogens (tertiary/aromatic N) is 1. The summed E-state index contributed by atoms with van der Waals surface area (Å²) < 4.78 is 0. The number of ketones is 1. The van der Waals surface area contributed by atoms with E-state index in [4.69, 9.17) is 10.8 Å². The quantitative estimate of drug-likeness (QED) is 0.115. The Morgan fingerprint density at radius 2 is 1.48 bits per heavy atom. The van der Waals surface area contributed by atoms with Crippen LogP contribution in [0, 0.1) is 5.41 Å². The van der Waals surface area contributed by atoms with E-state index in [0.717, 1.165) is 29.3 Å². The van der Waals surface area contributed by atoms with E-state index in [1.165, 1.54) is 32.7 Å². The van der Waals surface area contributed by atoms with E-state index in [2.05, 4.69) is 73.4 Å². The molecule has 3 N–H and O–H groups in total. The number of hydrogen-bond acceptors (Lipinski definition) is 4. The Labute approximate surface area is 279 Å². The minimum atomic E-state index is -0.911. The number of carboxylic acids is 1. The summed E-state index contributed by atoms with van der Waals surface area (Å²) in [5, 5.41) is 14.8. The maximum absolute atomic E-state index is 13.2. The van der Waals surface area contributed by atoms with Gasteiger partial charge >= 0.3 is 5.97 Å². The van der Waals surface area contributed by atoms with Crippen molar-refractivity contribution >= 4 is 49.9 Å². The number of rotatable bonds is 4. The minimum absolute atomic E-state index is 0.00450. The number of nitrogen functional groups attached to an aromatic ring is 1. The molecule has 0 spiro atoms. The smallest absolute Gasteiger partial charge is 0.335 e. The zero-order chi connectivity index (χ0) is 33.4. The molecule has 6 aromatic carbocycles. The van der Waals surface area contributed by atoms with Gasteiger partial charge in [0.1, 0.15) is 0 Å². The number of aromatic nitrogens is 1. The van der Waals surface area contributed by atoms with Crippen LogP contribution in [0.15, 0.2) is 134 Å². The number of aromatic carboxylic acids is 1. The summed E-state index contributed by atoms with van der Waals surface area (Å²) in [4.78, 5) is 27.9. The second kappa shape index (κ2) is 12.4. The Morgan fingerprint density at radius 1 is 0.729 bits per heavy atom. The first-order valence-corrected chi connectivity index (χ1v) is 16.2. The number of fused-ring (bicyclic) bond motifs is 6. The fourth-order valence-corrected chi connectivity index (χ4v) is 7.24. The van der Waals surface area contributed by atoms with Crippen LogP contribution in [-0.4, -0.2) is 21.8 Å². The highest BCUT2D eigenvalue weighted by Gasteiger charge is 2.38. The lowest BCUT2D eigenvalue weighted by Crippen LogP contribution is -2.32. The van der Waals surface area contributed by atoms with Crippen molar-refractivity contribution in [3.05, 3.63) is 167 Å². The molecule has 5 heteroatoms. The van der Waals surface area contributed by atoms with E-state index in [1.807, 2.05) is 48.5 Å². The van der Waals surface area contributed by atoms with E-state index in [9.17, 15) is 9.59 Å². The standard InChI is InChI=1S/C33H29NO.C10H7NO2/c1-33(2)20-29-23(16-18-25-24-12-7-6-9-21(24)15-17-26(25)29)19-30(33)27-13-8-14-28(31(27)34)32(35)22-10-4-3-5-11-22;12-10(13)8-3-4-9-7(6-8)2-1-5-11-9/h3-18,30H,19-20,34H2,1-2H3;1-6H,(H,12,13). The number of pyridine rings is 1. The fourth-order valence-electron chi connectivity index (χ4n) is 7.24. The summed E-state index contributed by atoms with van der Waals surface area (Å²) in [5.74, 6) is -0.695. The van der Waals surface area contributed by atoms with Crippen molar-refractivity contribution in [1.29, 1.82) is 0 Å². The van der Waals surface area contributed by atoms with Gasteiger partial charge in [0.25, 0.3) is 0 Å². The number of carbonyl (C=O) groups excluding carboxylic acids is 1. The Kier molecular flexibility index (Phi) is 7.98. The van der Waals surface area contributed by atoms with E-state index in [1.54, 1.807) is 30.5 Å². The minimum Gasteiger partial charge on any atom is -0.478 e. The van der Waals surface area contributed by atoms with Gasteiger partial charge in [0.15, 0.2) is 5.78 Å². The van der Waals surface area contributed by atoms with Crippen molar-refractivity contribution in [3.8, 4) is 0 Å². The SMILES string of the molecule is CC1(C)Cc2c(ccc3c2ccc2ccccc23)CC1c1cccc(C(=O)c2ccccc2)c1N.O=C(O)c1ccc2ncccc2c1. The van der Waals surface area contributed by atoms with Crippen LogP contribution < -0.4 is 5.73 Å². The number of anilines is 1. The van der Waals surface area contributed by atoms with E-state index in [-0.39, 0.29) is 17.1 Å². The molecule has 0 amide bonds. The zero-order valence-corrected chi connectivity index (χ0v) is 27.0. The lowest BCUT2D eigenvalue weighted by Gasteiger charge is -2.41. The first-order valence-electron chi connectivity index (χ1n) is 16.2. The Balaban J connectivity index is 0.000000235. The van der Waals surface area contributed by atoms with Gasteiger partial charge in [0.05, 0.1) is 11.1 Å². The van der Waals surface area contributed by atoms with Crippen molar-refractivity contribution in [2.24, 2.45) is 5.41 Å². The molecule has 8 rings (SSSR count). The van der Waals surface area contributed by atoms with Gasteiger partial charge < -0.3 is 10.8 Å². The number of para-hydroxylation sites is 1. The Bertz CT molecular complexity index is 2340. The molecule has 236 valence electrons. The first kappa shape index (κ1) is 30.8. The summed E-state index contributed by atoms with van der Waals surface area (Å²) >= 11 is 0. The number of benzene rings is 6. The molecule has 5 nitrogen and oxygen atoms in total. The summed E-state index contributed by atoms with van der Waals surface area (Å²) in [6, 6.07) is 41.6. The average molecular weight is 629 g/mol. The van der Waals surface area contributed by atoms with Gasteiger partial charge in [-0.05, 0) is 92.7 Å². The van der Waals surface area contributed by atoms with Crippen LogP contribution in [0.3, 0.4) is 0 Å². The van der Waals surface area contributed by atoms with Crippen molar-refractivity contribution in [2.45, 2.75) is 32.6 Å². The molecule has 0 fully saturated rings. The largest absolute Gasteiger partial charge is 0.478 e. The highest BCUT2D eigenvalue weighted by molar-refractivity contribution is 6.12. The molecule has 1 heterocycles. The van der Waals surface area contributed by atoms with Crippen LogP contribution in [0.2, 0.25) is 0 Å². The van der Waals surface area contributed by atoms with Crippen molar-refractivity contribution in [1.82, 2.24) is 4.98 Å². The molecule has 1 aliphatic rings. The highest BCUT2D eigenvalue weighted by Crippen LogP contribution is 2.49. The van der Waals surface area contributed by atoms with E-state index in [0.29, 0.717) is 22.4 Å². The molecule has 1 unspecified atom stereocenters. The molecule has 0 saturated carbocycles. The van der Waals surface area contributed by atoms with Gasteiger partial charge in [-0.15, -0.1) is 0 Å². The number of hydrogen-bond donors (Lipinski definition) is 2. The van der Waals surface area contributed by atoms with E-state index >= 15 is 0 Å². The Morgan fingerprint density at radius 3 is 2.29 bits per heavy atom. The van der Waals surface area contributed by atoms with Gasteiger partial charge in [0, 0.05) is 28.4 Å². The predicted molar refractivity (Wildman–Crippen MR) is 195 cm³/mol. The first-order chi connectivity index (χ1) is 23.2. The predicted octanol–water partition coefficient (Wildman–Crippen LogP) is 9.65. The normalized spacial score (nSPS) is 15.0. The molecular formula is C43H36N2O3. The lowest BCUT2D eigenvalue weighted by molar-refractivity contribution is 0.0697. The third-order valence-corrected chi connectivity index (χ3v) is 9.78. The van der Waals surface area contributed by atoms with Gasteiger partial charge in [0.2, 0.25) is 0 Å². The van der Waals surface area contributed by atoms with Crippen LogP contribution in [0.4, 0.5) is 5.69 Å². The highest BCUT2D eigenvalue weighted by atomic mass is 16.4. The average Bonchev–Trinajstić information content (AvgIpc) is 3.11. The van der Waals surface area contributed by atoms with Crippen LogP contribution in [0.1, 0.15) is 62.7 Å². The molecule has 0 saturated heterocycles. The third kappa shape index (κ3) is 5.69. The summed E-state index contributed by atoms with van der Waals surface area (Å²) in [7, 11) is 0. The number of carboxylic acid groups (broad SMARTS) is 1. The van der Waals surface area contributed by atoms with Gasteiger partial charge in [-0.2, -0.15) is 0 Å². The number of nitrogens with two attached hydrogens (primary N) is 1. The van der Waals surface area contributed by atoms with Gasteiger partial charge in [-0.3, -0.25) is 9.78 Å². The maximum Gasteiger partial charge on any atom is 0.335 e. The molecule has 7 aromatic rings. The molecule has 1 aromatic heterocycles. The lowest BCUT2D eigenvalue weighted by atomic mass is 9.63. The van der Waals surface area contributed by atoms with Crippen LogP contribution in [0.25, 0.3) is 32.4 Å². The number of carbonyl (C=O) groups is 2. The molecular weight excluding hydrogens is 592 g/mol. The fraction of sp³-hybridized carbons (Fsp3) is 0.140. The molecule has 0 bridgehead atoms.